The van der Waals surface area contributed by atoms with E-state index < -0.39 is 6.36 Å². The summed E-state index contributed by atoms with van der Waals surface area (Å²) < 4.78 is 66.5. The summed E-state index contributed by atoms with van der Waals surface area (Å²) in [5.74, 6) is 1.32. The first kappa shape index (κ1) is 28.0. The van der Waals surface area contributed by atoms with Crippen molar-refractivity contribution >= 4 is 11.1 Å². The minimum Gasteiger partial charge on any atom is -0.497 e. The maximum atomic E-state index is 12.7. The highest BCUT2D eigenvalue weighted by atomic mass is 19.4. The third-order valence-electron chi connectivity index (χ3n) is 7.48. The Labute approximate surface area is 232 Å². The van der Waals surface area contributed by atoms with Crippen LogP contribution in [0.1, 0.15) is 47.9 Å². The van der Waals surface area contributed by atoms with Gasteiger partial charge < -0.3 is 14.2 Å². The van der Waals surface area contributed by atoms with Crippen LogP contribution in [0.4, 0.5) is 17.6 Å². The Morgan fingerprint density at radius 3 is 2.27 bits per heavy atom. The van der Waals surface area contributed by atoms with Gasteiger partial charge in [-0.15, -0.1) is 13.2 Å². The number of halogens is 4. The molecule has 4 nitrogen and oxygen atoms in total. The van der Waals surface area contributed by atoms with Crippen molar-refractivity contribution in [3.05, 3.63) is 89.0 Å². The second-order valence-electron chi connectivity index (χ2n) is 10.2. The van der Waals surface area contributed by atoms with E-state index in [9.17, 15) is 17.6 Å². The van der Waals surface area contributed by atoms with Gasteiger partial charge in [0.05, 0.1) is 13.8 Å². The van der Waals surface area contributed by atoms with Crippen molar-refractivity contribution < 1.29 is 31.8 Å². The fourth-order valence-electron chi connectivity index (χ4n) is 5.64. The zero-order chi connectivity index (χ0) is 28.1. The van der Waals surface area contributed by atoms with Crippen molar-refractivity contribution in [2.75, 3.05) is 33.4 Å². The van der Waals surface area contributed by atoms with Gasteiger partial charge in [0.25, 0.3) is 0 Å². The zero-order valence-corrected chi connectivity index (χ0v) is 22.5. The molecule has 3 aromatic rings. The van der Waals surface area contributed by atoms with Crippen molar-refractivity contribution in [3.63, 3.8) is 0 Å². The summed E-state index contributed by atoms with van der Waals surface area (Å²) >= 11 is 0. The summed E-state index contributed by atoms with van der Waals surface area (Å²) in [6.45, 7) is 2.15. The molecule has 2 aliphatic rings. The second kappa shape index (κ2) is 12.3. The van der Waals surface area contributed by atoms with E-state index in [4.69, 9.17) is 9.47 Å². The minimum absolute atomic E-state index is 0.0729. The van der Waals surface area contributed by atoms with Gasteiger partial charge in [-0.3, -0.25) is 9.29 Å². The van der Waals surface area contributed by atoms with Crippen LogP contribution >= 0.6 is 0 Å². The molecule has 40 heavy (non-hydrogen) atoms. The predicted molar refractivity (Wildman–Crippen MR) is 147 cm³/mol. The van der Waals surface area contributed by atoms with Crippen LogP contribution in [0.15, 0.2) is 66.7 Å². The van der Waals surface area contributed by atoms with Gasteiger partial charge in [0, 0.05) is 19.6 Å². The van der Waals surface area contributed by atoms with Crippen molar-refractivity contribution in [1.82, 2.24) is 4.90 Å². The number of ether oxygens (including phenoxy) is 3. The van der Waals surface area contributed by atoms with Crippen LogP contribution in [0.2, 0.25) is 0 Å². The van der Waals surface area contributed by atoms with E-state index in [1.165, 1.54) is 17.7 Å². The van der Waals surface area contributed by atoms with Gasteiger partial charge in [-0.05, 0) is 102 Å². The van der Waals surface area contributed by atoms with Crippen LogP contribution in [0.5, 0.6) is 17.2 Å². The number of methoxy groups -OCH3 is 1. The summed E-state index contributed by atoms with van der Waals surface area (Å²) in [7, 11) is 1.65. The van der Waals surface area contributed by atoms with Gasteiger partial charge in [-0.2, -0.15) is 0 Å². The lowest BCUT2D eigenvalue weighted by Crippen LogP contribution is -2.26. The van der Waals surface area contributed by atoms with Crippen LogP contribution < -0.4 is 14.2 Å². The van der Waals surface area contributed by atoms with E-state index in [0.717, 1.165) is 84.7 Å². The smallest absolute Gasteiger partial charge is 0.497 e. The molecule has 0 amide bonds. The molecule has 1 saturated heterocycles. The molecule has 3 aromatic carbocycles. The van der Waals surface area contributed by atoms with Crippen molar-refractivity contribution in [2.24, 2.45) is 0 Å². The van der Waals surface area contributed by atoms with E-state index in [1.54, 1.807) is 19.2 Å². The summed E-state index contributed by atoms with van der Waals surface area (Å²) in [5, 5.41) is 0. The standard InChI is InChI=1S/C32H33F4NO3/c1-38-27-14-15-30-24(20-27)4-2-5-29(22-6-12-26(13-7-22)40-32(34,35)36)31(30)23-8-10-25(11-9-23)39-28-16-19-37(21-28)18-3-17-33/h6-15,20,28H,2-5,16-19,21H2,1H3/t28-/m0/s1. The highest BCUT2D eigenvalue weighted by Gasteiger charge is 2.31. The Morgan fingerprint density at radius 2 is 1.57 bits per heavy atom. The van der Waals surface area contributed by atoms with Crippen LogP contribution in [-0.2, 0) is 6.42 Å². The van der Waals surface area contributed by atoms with Crippen molar-refractivity contribution in [3.8, 4) is 17.2 Å². The van der Waals surface area contributed by atoms with E-state index in [1.807, 2.05) is 30.3 Å². The van der Waals surface area contributed by atoms with Gasteiger partial charge in [0.2, 0.25) is 0 Å². The Balaban J connectivity index is 1.47. The fourth-order valence-corrected chi connectivity index (χ4v) is 5.64. The predicted octanol–water partition coefficient (Wildman–Crippen LogP) is 7.70. The van der Waals surface area contributed by atoms with Gasteiger partial charge in [0.15, 0.2) is 0 Å². The summed E-state index contributed by atoms with van der Waals surface area (Å²) in [5.41, 5.74) is 6.22. The highest BCUT2D eigenvalue weighted by molar-refractivity contribution is 6.00. The number of fused-ring (bicyclic) bond motifs is 1. The first-order valence-corrected chi connectivity index (χ1v) is 13.6. The Hall–Kier alpha value is -3.52. The number of nitrogens with zero attached hydrogens (tertiary/aromatic N) is 1. The van der Waals surface area contributed by atoms with Gasteiger partial charge in [0.1, 0.15) is 23.4 Å². The number of allylic oxidation sites excluding steroid dienone is 1. The number of hydrogen-bond donors (Lipinski definition) is 0. The molecular weight excluding hydrogens is 522 g/mol. The SMILES string of the molecule is COc1ccc2c(c1)CCCC(c1ccc(OC(F)(F)F)cc1)=C2c1ccc(O[C@H]2CCN(CCCF)C2)cc1. The molecule has 1 heterocycles. The van der Waals surface area contributed by atoms with Gasteiger partial charge >= 0.3 is 6.36 Å². The number of hydrogen-bond acceptors (Lipinski definition) is 4. The first-order chi connectivity index (χ1) is 19.3. The molecule has 5 rings (SSSR count). The first-order valence-electron chi connectivity index (χ1n) is 13.6. The quantitative estimate of drug-likeness (QED) is 0.253. The topological polar surface area (TPSA) is 30.9 Å². The zero-order valence-electron chi connectivity index (χ0n) is 22.5. The average molecular weight is 556 g/mol. The molecule has 0 unspecified atom stereocenters. The maximum absolute atomic E-state index is 12.7. The summed E-state index contributed by atoms with van der Waals surface area (Å²) in [4.78, 5) is 2.23. The van der Waals surface area contributed by atoms with E-state index in [0.29, 0.717) is 6.42 Å². The Kier molecular flexibility index (Phi) is 8.64. The molecule has 1 atom stereocenters. The largest absolute Gasteiger partial charge is 0.573 e. The maximum Gasteiger partial charge on any atom is 0.573 e. The van der Waals surface area contributed by atoms with Gasteiger partial charge in [-0.1, -0.05) is 30.3 Å². The number of rotatable bonds is 9. The molecule has 212 valence electrons. The molecule has 1 aliphatic heterocycles. The van der Waals surface area contributed by atoms with Gasteiger partial charge in [-0.25, -0.2) is 0 Å². The number of aryl methyl sites for hydroxylation is 1. The monoisotopic (exact) mass is 555 g/mol. The highest BCUT2D eigenvalue weighted by Crippen LogP contribution is 2.41. The molecule has 0 saturated carbocycles. The molecule has 1 aliphatic carbocycles. The summed E-state index contributed by atoms with van der Waals surface area (Å²) in [6, 6.07) is 20.2. The molecule has 0 N–H and O–H groups in total. The molecule has 0 spiro atoms. The Morgan fingerprint density at radius 1 is 0.875 bits per heavy atom. The molecule has 0 bridgehead atoms. The van der Waals surface area contributed by atoms with E-state index >= 15 is 0 Å². The summed E-state index contributed by atoms with van der Waals surface area (Å²) in [6.07, 6.45) is -0.694. The molecule has 8 heteroatoms. The number of benzene rings is 3. The Bertz CT molecular complexity index is 1320. The molecular formula is C32H33F4NO3. The average Bonchev–Trinajstić information content (AvgIpc) is 3.30. The second-order valence-corrected chi connectivity index (χ2v) is 10.2. The normalized spacial score (nSPS) is 17.9. The van der Waals surface area contributed by atoms with Crippen molar-refractivity contribution in [1.29, 1.82) is 0 Å². The number of alkyl halides is 4. The minimum atomic E-state index is -4.73. The third kappa shape index (κ3) is 6.78. The fraction of sp³-hybridized carbons (Fsp3) is 0.375. The van der Waals surface area contributed by atoms with Crippen LogP contribution in [0.25, 0.3) is 11.1 Å². The lowest BCUT2D eigenvalue weighted by molar-refractivity contribution is -0.274. The van der Waals surface area contributed by atoms with Crippen LogP contribution in [0.3, 0.4) is 0 Å². The molecule has 1 fully saturated rings. The van der Waals surface area contributed by atoms with Crippen LogP contribution in [0, 0.1) is 0 Å². The molecule has 0 radical (unpaired) electrons. The lowest BCUT2D eigenvalue weighted by atomic mass is 9.88. The lowest BCUT2D eigenvalue weighted by Gasteiger charge is -2.19. The van der Waals surface area contributed by atoms with E-state index in [2.05, 4.69) is 21.8 Å². The van der Waals surface area contributed by atoms with Crippen molar-refractivity contribution in [2.45, 2.75) is 44.6 Å². The number of likely N-dealkylation sites (tertiary alicyclic amines) is 1. The third-order valence-corrected chi connectivity index (χ3v) is 7.48. The van der Waals surface area contributed by atoms with Crippen LogP contribution in [-0.4, -0.2) is 50.8 Å². The van der Waals surface area contributed by atoms with E-state index in [-0.39, 0.29) is 18.5 Å². The molecule has 0 aromatic heterocycles.